The van der Waals surface area contributed by atoms with Crippen LogP contribution >= 0.6 is 11.3 Å². The summed E-state index contributed by atoms with van der Waals surface area (Å²) in [5, 5.41) is 6.43. The summed E-state index contributed by atoms with van der Waals surface area (Å²) in [5.74, 6) is 0.174. The summed E-state index contributed by atoms with van der Waals surface area (Å²) in [6.45, 7) is 0.239. The molecule has 0 unspecified atom stereocenters. The fraction of sp³-hybridized carbons (Fsp3) is 0.214. The van der Waals surface area contributed by atoms with Gasteiger partial charge in [-0.15, -0.1) is 0 Å². The van der Waals surface area contributed by atoms with Gasteiger partial charge >= 0.3 is 0 Å². The van der Waals surface area contributed by atoms with Crippen LogP contribution in [0, 0.1) is 0 Å². The summed E-state index contributed by atoms with van der Waals surface area (Å²) in [6.07, 6.45) is 0. The fourth-order valence-corrected chi connectivity index (χ4v) is 3.97. The van der Waals surface area contributed by atoms with Crippen molar-refractivity contribution in [3.05, 3.63) is 40.6 Å². The summed E-state index contributed by atoms with van der Waals surface area (Å²) >= 11 is 1.52. The Bertz CT molecular complexity index is 800. The molecule has 1 aliphatic rings. The number of anilines is 1. The number of carbonyl (C=O) groups excluding carboxylic acids is 1. The van der Waals surface area contributed by atoms with E-state index in [0.29, 0.717) is 18.0 Å². The Morgan fingerprint density at radius 1 is 1.36 bits per heavy atom. The molecule has 3 rings (SSSR count). The van der Waals surface area contributed by atoms with Gasteiger partial charge in [-0.25, -0.2) is 8.42 Å². The first-order chi connectivity index (χ1) is 10.5. The van der Waals surface area contributed by atoms with E-state index in [2.05, 4.69) is 5.32 Å². The van der Waals surface area contributed by atoms with Gasteiger partial charge in [0.1, 0.15) is 5.75 Å². The van der Waals surface area contributed by atoms with E-state index in [9.17, 15) is 13.2 Å². The van der Waals surface area contributed by atoms with Crippen LogP contribution in [0.5, 0.6) is 5.75 Å². The van der Waals surface area contributed by atoms with Crippen LogP contribution in [0.1, 0.15) is 5.56 Å². The Balaban J connectivity index is 1.88. The minimum Gasteiger partial charge on any atom is -0.482 e. The lowest BCUT2D eigenvalue weighted by Crippen LogP contribution is -2.28. The van der Waals surface area contributed by atoms with Gasteiger partial charge in [0.2, 0.25) is 10.0 Å². The minimum atomic E-state index is -3.63. The zero-order valence-electron chi connectivity index (χ0n) is 11.8. The molecule has 0 spiro atoms. The SMILES string of the molecule is CN(Cc1ccsc1)S(=O)(=O)c1ccc2c(c1)NC(=O)CO2. The third-order valence-electron chi connectivity index (χ3n) is 3.28. The van der Waals surface area contributed by atoms with E-state index < -0.39 is 10.0 Å². The lowest BCUT2D eigenvalue weighted by molar-refractivity contribution is -0.118. The van der Waals surface area contributed by atoms with Gasteiger partial charge in [0, 0.05) is 13.6 Å². The van der Waals surface area contributed by atoms with Gasteiger partial charge in [0.15, 0.2) is 6.61 Å². The largest absolute Gasteiger partial charge is 0.482 e. The van der Waals surface area contributed by atoms with E-state index in [1.54, 1.807) is 6.07 Å². The third kappa shape index (κ3) is 2.85. The number of carbonyl (C=O) groups is 1. The summed E-state index contributed by atoms with van der Waals surface area (Å²) < 4.78 is 31.7. The Hall–Kier alpha value is -1.90. The highest BCUT2D eigenvalue weighted by molar-refractivity contribution is 7.89. The van der Waals surface area contributed by atoms with Crippen molar-refractivity contribution in [2.24, 2.45) is 0 Å². The predicted octanol–water partition coefficient (Wildman–Crippen LogP) is 1.90. The van der Waals surface area contributed by atoms with Crippen LogP contribution in [0.25, 0.3) is 0 Å². The molecule has 1 amide bonds. The van der Waals surface area contributed by atoms with Crippen LogP contribution in [-0.4, -0.2) is 32.3 Å². The maximum atomic E-state index is 12.6. The Kier molecular flexibility index (Phi) is 3.90. The van der Waals surface area contributed by atoms with Crippen molar-refractivity contribution in [1.82, 2.24) is 4.31 Å². The summed E-state index contributed by atoms with van der Waals surface area (Å²) in [7, 11) is -2.11. The molecule has 0 radical (unpaired) electrons. The van der Waals surface area contributed by atoms with Crippen molar-refractivity contribution in [2.45, 2.75) is 11.4 Å². The number of fused-ring (bicyclic) bond motifs is 1. The van der Waals surface area contributed by atoms with E-state index in [4.69, 9.17) is 4.74 Å². The second-order valence-electron chi connectivity index (χ2n) is 4.89. The van der Waals surface area contributed by atoms with Crippen molar-refractivity contribution in [1.29, 1.82) is 0 Å². The van der Waals surface area contributed by atoms with Crippen LogP contribution < -0.4 is 10.1 Å². The van der Waals surface area contributed by atoms with Gasteiger partial charge < -0.3 is 10.1 Å². The van der Waals surface area contributed by atoms with E-state index >= 15 is 0 Å². The zero-order chi connectivity index (χ0) is 15.7. The second-order valence-corrected chi connectivity index (χ2v) is 7.71. The first-order valence-corrected chi connectivity index (χ1v) is 8.89. The van der Waals surface area contributed by atoms with Crippen LogP contribution in [0.15, 0.2) is 39.9 Å². The topological polar surface area (TPSA) is 75.7 Å². The smallest absolute Gasteiger partial charge is 0.262 e. The fourth-order valence-electron chi connectivity index (χ4n) is 2.13. The molecule has 0 aliphatic carbocycles. The maximum Gasteiger partial charge on any atom is 0.262 e. The first-order valence-electron chi connectivity index (χ1n) is 6.51. The maximum absolute atomic E-state index is 12.6. The molecule has 0 atom stereocenters. The molecule has 0 fully saturated rings. The number of hydrogen-bond acceptors (Lipinski definition) is 5. The molecule has 2 heterocycles. The van der Waals surface area contributed by atoms with Gasteiger partial charge in [-0.3, -0.25) is 4.79 Å². The Morgan fingerprint density at radius 3 is 2.91 bits per heavy atom. The normalized spacial score (nSPS) is 14.4. The molecule has 1 aliphatic heterocycles. The standard InChI is InChI=1S/C14H14N2O4S2/c1-16(7-10-4-5-21-9-10)22(18,19)11-2-3-13-12(6-11)15-14(17)8-20-13/h2-6,9H,7-8H2,1H3,(H,15,17). The number of nitrogens with one attached hydrogen (secondary N) is 1. The molecular weight excluding hydrogens is 324 g/mol. The number of nitrogens with zero attached hydrogens (tertiary/aromatic N) is 1. The molecule has 22 heavy (non-hydrogen) atoms. The number of thiophene rings is 1. The van der Waals surface area contributed by atoms with Gasteiger partial charge in [-0.05, 0) is 40.6 Å². The number of rotatable bonds is 4. The number of hydrogen-bond donors (Lipinski definition) is 1. The summed E-state index contributed by atoms with van der Waals surface area (Å²) in [5.41, 5.74) is 1.31. The van der Waals surface area contributed by atoms with Gasteiger partial charge in [-0.1, -0.05) is 0 Å². The zero-order valence-corrected chi connectivity index (χ0v) is 13.4. The number of benzene rings is 1. The van der Waals surface area contributed by atoms with Crippen molar-refractivity contribution in [3.8, 4) is 5.75 Å². The van der Waals surface area contributed by atoms with E-state index in [1.165, 1.54) is 34.8 Å². The summed E-state index contributed by atoms with van der Waals surface area (Å²) in [4.78, 5) is 11.5. The highest BCUT2D eigenvalue weighted by Gasteiger charge is 2.24. The van der Waals surface area contributed by atoms with Crippen LogP contribution in [-0.2, 0) is 21.4 Å². The van der Waals surface area contributed by atoms with Gasteiger partial charge in [-0.2, -0.15) is 15.6 Å². The van der Waals surface area contributed by atoms with E-state index in [0.717, 1.165) is 5.56 Å². The average Bonchev–Trinajstić information content (AvgIpc) is 2.99. The predicted molar refractivity (Wildman–Crippen MR) is 83.5 cm³/mol. The van der Waals surface area contributed by atoms with Crippen molar-refractivity contribution in [2.75, 3.05) is 19.0 Å². The molecule has 6 nitrogen and oxygen atoms in total. The molecule has 0 saturated heterocycles. The Morgan fingerprint density at radius 2 is 2.18 bits per heavy atom. The molecule has 1 aromatic carbocycles. The van der Waals surface area contributed by atoms with Crippen molar-refractivity contribution >= 4 is 33.0 Å². The minimum absolute atomic E-state index is 0.0584. The van der Waals surface area contributed by atoms with Crippen molar-refractivity contribution < 1.29 is 17.9 Å². The quantitative estimate of drug-likeness (QED) is 0.924. The number of ether oxygens (including phenoxy) is 1. The third-order valence-corrected chi connectivity index (χ3v) is 5.81. The molecule has 1 N–H and O–H groups in total. The molecular formula is C14H14N2O4S2. The highest BCUT2D eigenvalue weighted by Crippen LogP contribution is 2.31. The van der Waals surface area contributed by atoms with Crippen LogP contribution in [0.3, 0.4) is 0 Å². The highest BCUT2D eigenvalue weighted by atomic mass is 32.2. The lowest BCUT2D eigenvalue weighted by atomic mass is 10.2. The van der Waals surface area contributed by atoms with Gasteiger partial charge in [0.05, 0.1) is 10.6 Å². The van der Waals surface area contributed by atoms with Crippen LogP contribution in [0.4, 0.5) is 5.69 Å². The number of amides is 1. The van der Waals surface area contributed by atoms with Gasteiger partial charge in [0.25, 0.3) is 5.91 Å². The van der Waals surface area contributed by atoms with E-state index in [1.807, 2.05) is 16.8 Å². The lowest BCUT2D eigenvalue weighted by Gasteiger charge is -2.21. The molecule has 1 aromatic heterocycles. The first kappa shape index (κ1) is 15.0. The monoisotopic (exact) mass is 338 g/mol. The number of sulfonamides is 1. The average molecular weight is 338 g/mol. The molecule has 8 heteroatoms. The molecule has 0 saturated carbocycles. The van der Waals surface area contributed by atoms with E-state index in [-0.39, 0.29) is 17.4 Å². The Labute approximate surface area is 132 Å². The molecule has 0 bridgehead atoms. The molecule has 116 valence electrons. The summed E-state index contributed by atoms with van der Waals surface area (Å²) in [6, 6.07) is 6.35. The van der Waals surface area contributed by atoms with Crippen molar-refractivity contribution in [3.63, 3.8) is 0 Å². The van der Waals surface area contributed by atoms with Crippen LogP contribution in [0.2, 0.25) is 0 Å². The molecule has 2 aromatic rings. The second kappa shape index (κ2) is 5.71.